The molecule has 1 unspecified atom stereocenters. The maximum absolute atomic E-state index is 3.63. The van der Waals surface area contributed by atoms with E-state index in [1.54, 1.807) is 0 Å². The zero-order chi connectivity index (χ0) is 8.32. The molecule has 0 bridgehead atoms. The van der Waals surface area contributed by atoms with Gasteiger partial charge in [-0.05, 0) is 25.8 Å². The van der Waals surface area contributed by atoms with Crippen LogP contribution in [0.2, 0.25) is 0 Å². The van der Waals surface area contributed by atoms with Crippen molar-refractivity contribution in [2.24, 2.45) is 0 Å². The zero-order valence-electron chi connectivity index (χ0n) is 7.81. The third-order valence-corrected chi connectivity index (χ3v) is 4.38. The zero-order valence-corrected chi connectivity index (χ0v) is 8.63. The topological polar surface area (TPSA) is 12.0 Å². The molecule has 1 aliphatic rings. The van der Waals surface area contributed by atoms with Gasteiger partial charge < -0.3 is 5.32 Å². The van der Waals surface area contributed by atoms with Gasteiger partial charge in [-0.3, -0.25) is 0 Å². The fourth-order valence-electron chi connectivity index (χ4n) is 1.66. The van der Waals surface area contributed by atoms with Crippen molar-refractivity contribution >= 4 is 11.8 Å². The first-order valence-electron chi connectivity index (χ1n) is 4.65. The Morgan fingerprint density at radius 3 is 2.45 bits per heavy atom. The molecule has 0 amide bonds. The van der Waals surface area contributed by atoms with Gasteiger partial charge >= 0.3 is 0 Å². The van der Waals surface area contributed by atoms with Crippen LogP contribution in [0.3, 0.4) is 0 Å². The Kier molecular flexibility index (Phi) is 3.26. The summed E-state index contributed by atoms with van der Waals surface area (Å²) in [6.07, 6.45) is 3.82. The van der Waals surface area contributed by atoms with Gasteiger partial charge in [0, 0.05) is 5.25 Å². The standard InChI is InChI=1S/C9H19NS/c1-4-9(5-2)10-7-6-8(3)11-9/h8,10H,4-7H2,1-3H3. The fourth-order valence-corrected chi connectivity index (χ4v) is 3.18. The molecule has 2 heteroatoms. The van der Waals surface area contributed by atoms with Crippen molar-refractivity contribution in [3.8, 4) is 0 Å². The van der Waals surface area contributed by atoms with Gasteiger partial charge in [0.15, 0.2) is 0 Å². The van der Waals surface area contributed by atoms with Crippen LogP contribution in [0.4, 0.5) is 0 Å². The van der Waals surface area contributed by atoms with Crippen molar-refractivity contribution in [2.45, 2.75) is 50.2 Å². The summed E-state index contributed by atoms with van der Waals surface area (Å²) in [4.78, 5) is 0.400. The molecule has 1 nitrogen and oxygen atoms in total. The van der Waals surface area contributed by atoms with Crippen molar-refractivity contribution < 1.29 is 0 Å². The summed E-state index contributed by atoms with van der Waals surface area (Å²) in [5.41, 5.74) is 0. The molecule has 0 aliphatic carbocycles. The molecule has 1 N–H and O–H groups in total. The van der Waals surface area contributed by atoms with E-state index in [1.165, 1.54) is 25.8 Å². The molecule has 1 aliphatic heterocycles. The largest absolute Gasteiger partial charge is 0.303 e. The highest BCUT2D eigenvalue weighted by Gasteiger charge is 2.31. The van der Waals surface area contributed by atoms with Crippen molar-refractivity contribution in [3.05, 3.63) is 0 Å². The summed E-state index contributed by atoms with van der Waals surface area (Å²) in [5, 5.41) is 4.47. The molecular formula is C9H19NS. The van der Waals surface area contributed by atoms with Gasteiger partial charge in [0.2, 0.25) is 0 Å². The van der Waals surface area contributed by atoms with Crippen LogP contribution in [0.15, 0.2) is 0 Å². The Morgan fingerprint density at radius 1 is 1.45 bits per heavy atom. The Bertz CT molecular complexity index is 121. The predicted octanol–water partition coefficient (Wildman–Crippen LogP) is 2.62. The van der Waals surface area contributed by atoms with Crippen LogP contribution in [-0.4, -0.2) is 16.7 Å². The van der Waals surface area contributed by atoms with Crippen LogP contribution in [0.5, 0.6) is 0 Å². The Hall–Kier alpha value is 0.310. The van der Waals surface area contributed by atoms with Crippen molar-refractivity contribution in [1.29, 1.82) is 0 Å². The van der Waals surface area contributed by atoms with E-state index >= 15 is 0 Å². The Balaban J connectivity index is 2.52. The highest BCUT2D eigenvalue weighted by Crippen LogP contribution is 2.37. The van der Waals surface area contributed by atoms with E-state index in [4.69, 9.17) is 0 Å². The number of hydrogen-bond acceptors (Lipinski definition) is 2. The van der Waals surface area contributed by atoms with Crippen LogP contribution in [0.25, 0.3) is 0 Å². The Morgan fingerprint density at radius 2 is 2.09 bits per heavy atom. The first kappa shape index (κ1) is 9.40. The molecule has 66 valence electrons. The van der Waals surface area contributed by atoms with Gasteiger partial charge in [0.25, 0.3) is 0 Å². The van der Waals surface area contributed by atoms with Gasteiger partial charge in [0.1, 0.15) is 0 Å². The molecule has 1 heterocycles. The summed E-state index contributed by atoms with van der Waals surface area (Å²) in [6, 6.07) is 0. The number of rotatable bonds is 2. The van der Waals surface area contributed by atoms with Gasteiger partial charge in [0.05, 0.1) is 4.87 Å². The molecule has 0 aromatic heterocycles. The summed E-state index contributed by atoms with van der Waals surface area (Å²) in [7, 11) is 0. The summed E-state index contributed by atoms with van der Waals surface area (Å²) in [6.45, 7) is 8.10. The Labute approximate surface area is 74.3 Å². The monoisotopic (exact) mass is 173 g/mol. The summed E-state index contributed by atoms with van der Waals surface area (Å²) < 4.78 is 0. The maximum atomic E-state index is 3.63. The minimum atomic E-state index is 0.400. The average molecular weight is 173 g/mol. The van der Waals surface area contributed by atoms with Crippen LogP contribution in [0, 0.1) is 0 Å². The van der Waals surface area contributed by atoms with E-state index in [0.717, 1.165) is 5.25 Å². The predicted molar refractivity (Wildman–Crippen MR) is 53.0 cm³/mol. The molecule has 0 aromatic rings. The first-order chi connectivity index (χ1) is 5.22. The van der Waals surface area contributed by atoms with Crippen LogP contribution in [-0.2, 0) is 0 Å². The van der Waals surface area contributed by atoms with Crippen LogP contribution < -0.4 is 5.32 Å². The van der Waals surface area contributed by atoms with Crippen molar-refractivity contribution in [2.75, 3.05) is 6.54 Å². The molecule has 1 fully saturated rings. The van der Waals surface area contributed by atoms with E-state index in [0.29, 0.717) is 4.87 Å². The number of nitrogens with one attached hydrogen (secondary N) is 1. The molecule has 11 heavy (non-hydrogen) atoms. The van der Waals surface area contributed by atoms with Crippen molar-refractivity contribution in [1.82, 2.24) is 5.32 Å². The fraction of sp³-hybridized carbons (Fsp3) is 1.00. The lowest BCUT2D eigenvalue weighted by atomic mass is 10.1. The quantitative estimate of drug-likeness (QED) is 0.689. The first-order valence-corrected chi connectivity index (χ1v) is 5.53. The van der Waals surface area contributed by atoms with E-state index < -0.39 is 0 Å². The molecule has 1 saturated heterocycles. The smallest absolute Gasteiger partial charge is 0.0642 e. The molecule has 0 radical (unpaired) electrons. The second-order valence-corrected chi connectivity index (χ2v) is 5.17. The molecule has 0 aromatic carbocycles. The van der Waals surface area contributed by atoms with Crippen molar-refractivity contribution in [3.63, 3.8) is 0 Å². The number of thioether (sulfide) groups is 1. The molecule has 0 spiro atoms. The lowest BCUT2D eigenvalue weighted by molar-refractivity contribution is 0.415. The number of hydrogen-bond donors (Lipinski definition) is 1. The average Bonchev–Trinajstić information content (AvgIpc) is 2.04. The molecular weight excluding hydrogens is 154 g/mol. The minimum absolute atomic E-state index is 0.400. The normalized spacial score (nSPS) is 30.3. The second kappa shape index (κ2) is 3.81. The van der Waals surface area contributed by atoms with Gasteiger partial charge in [-0.25, -0.2) is 0 Å². The third-order valence-electron chi connectivity index (χ3n) is 2.57. The third kappa shape index (κ3) is 2.12. The van der Waals surface area contributed by atoms with E-state index in [-0.39, 0.29) is 0 Å². The van der Waals surface area contributed by atoms with Gasteiger partial charge in [-0.2, -0.15) is 0 Å². The maximum Gasteiger partial charge on any atom is 0.0642 e. The highest BCUT2D eigenvalue weighted by atomic mass is 32.2. The van der Waals surface area contributed by atoms with E-state index in [9.17, 15) is 0 Å². The molecule has 0 saturated carbocycles. The minimum Gasteiger partial charge on any atom is -0.303 e. The van der Waals surface area contributed by atoms with Crippen LogP contribution >= 0.6 is 11.8 Å². The molecule has 1 rings (SSSR count). The summed E-state index contributed by atoms with van der Waals surface area (Å²) >= 11 is 2.12. The SMILES string of the molecule is CCC1(CC)NCCC(C)S1. The van der Waals surface area contributed by atoms with E-state index in [2.05, 4.69) is 37.8 Å². The second-order valence-electron chi connectivity index (χ2n) is 3.35. The van der Waals surface area contributed by atoms with E-state index in [1.807, 2.05) is 0 Å². The lowest BCUT2D eigenvalue weighted by Crippen LogP contribution is -2.46. The highest BCUT2D eigenvalue weighted by molar-refractivity contribution is 8.01. The summed E-state index contributed by atoms with van der Waals surface area (Å²) in [5.74, 6) is 0. The molecule has 1 atom stereocenters. The van der Waals surface area contributed by atoms with Gasteiger partial charge in [-0.1, -0.05) is 20.8 Å². The van der Waals surface area contributed by atoms with Gasteiger partial charge in [-0.15, -0.1) is 11.8 Å². The lowest BCUT2D eigenvalue weighted by Gasteiger charge is -2.39. The van der Waals surface area contributed by atoms with Crippen LogP contribution in [0.1, 0.15) is 40.0 Å².